The number of rotatable bonds is 5. The Hall–Kier alpha value is -2.82. The van der Waals surface area contributed by atoms with Gasteiger partial charge in [0.15, 0.2) is 0 Å². The van der Waals surface area contributed by atoms with Crippen LogP contribution in [0.1, 0.15) is 12.5 Å². The number of hydrogen-bond donors (Lipinski definition) is 2. The van der Waals surface area contributed by atoms with Crippen molar-refractivity contribution >= 4 is 23.2 Å². The molecule has 0 spiro atoms. The molecule has 2 aromatic carbocycles. The standard InChI is InChI=1S/C17H18N2O3/c1-12(20)18-14-9-7-13(8-10-14)11-17(21)19-15-5-3-4-6-16(15)22-2/h3-10H,11H2,1-2H3,(H,18,20)(H,19,21). The minimum atomic E-state index is -0.128. The molecular formula is C17H18N2O3. The molecular weight excluding hydrogens is 280 g/mol. The SMILES string of the molecule is COc1ccccc1NC(=O)Cc1ccc(NC(C)=O)cc1. The highest BCUT2D eigenvalue weighted by molar-refractivity contribution is 5.94. The molecule has 0 aliphatic rings. The Bertz CT molecular complexity index is 666. The molecule has 0 fully saturated rings. The Kier molecular flexibility index (Phi) is 5.14. The number of para-hydroxylation sites is 2. The molecule has 2 N–H and O–H groups in total. The van der Waals surface area contributed by atoms with Crippen LogP contribution in [0.2, 0.25) is 0 Å². The highest BCUT2D eigenvalue weighted by Gasteiger charge is 2.08. The van der Waals surface area contributed by atoms with Crippen molar-refractivity contribution in [3.63, 3.8) is 0 Å². The van der Waals surface area contributed by atoms with E-state index >= 15 is 0 Å². The maximum absolute atomic E-state index is 12.1. The lowest BCUT2D eigenvalue weighted by molar-refractivity contribution is -0.116. The third-order valence-electron chi connectivity index (χ3n) is 3.02. The lowest BCUT2D eigenvalue weighted by Crippen LogP contribution is -2.15. The molecule has 5 heteroatoms. The lowest BCUT2D eigenvalue weighted by atomic mass is 10.1. The summed E-state index contributed by atoms with van der Waals surface area (Å²) in [6.45, 7) is 1.45. The average Bonchev–Trinajstić information content (AvgIpc) is 2.49. The van der Waals surface area contributed by atoms with Crippen LogP contribution in [0.25, 0.3) is 0 Å². The smallest absolute Gasteiger partial charge is 0.228 e. The zero-order valence-corrected chi connectivity index (χ0v) is 12.6. The third-order valence-corrected chi connectivity index (χ3v) is 3.02. The molecule has 0 bridgehead atoms. The van der Waals surface area contributed by atoms with E-state index in [1.807, 2.05) is 24.3 Å². The third kappa shape index (κ3) is 4.34. The minimum Gasteiger partial charge on any atom is -0.495 e. The first kappa shape index (κ1) is 15.6. The highest BCUT2D eigenvalue weighted by Crippen LogP contribution is 2.23. The Morgan fingerprint density at radius 2 is 1.68 bits per heavy atom. The maximum Gasteiger partial charge on any atom is 0.228 e. The number of carbonyl (C=O) groups is 2. The van der Waals surface area contributed by atoms with Crippen molar-refractivity contribution in [1.29, 1.82) is 0 Å². The van der Waals surface area contributed by atoms with Gasteiger partial charge >= 0.3 is 0 Å². The average molecular weight is 298 g/mol. The minimum absolute atomic E-state index is 0.123. The van der Waals surface area contributed by atoms with Gasteiger partial charge in [0.2, 0.25) is 11.8 Å². The molecule has 0 atom stereocenters. The number of nitrogens with one attached hydrogen (secondary N) is 2. The first-order valence-electron chi connectivity index (χ1n) is 6.88. The molecule has 2 amide bonds. The van der Waals surface area contributed by atoms with E-state index in [9.17, 15) is 9.59 Å². The summed E-state index contributed by atoms with van der Waals surface area (Å²) in [5, 5.41) is 5.51. The predicted molar refractivity (Wildman–Crippen MR) is 86.1 cm³/mol. The van der Waals surface area contributed by atoms with Gasteiger partial charge in [-0.25, -0.2) is 0 Å². The molecule has 0 saturated heterocycles. The fourth-order valence-electron chi connectivity index (χ4n) is 2.04. The number of amides is 2. The maximum atomic E-state index is 12.1. The van der Waals surface area contributed by atoms with Crippen LogP contribution in [-0.2, 0) is 16.0 Å². The summed E-state index contributed by atoms with van der Waals surface area (Å²) in [6, 6.07) is 14.4. The number of ether oxygens (including phenoxy) is 1. The summed E-state index contributed by atoms with van der Waals surface area (Å²) < 4.78 is 5.19. The van der Waals surface area contributed by atoms with Crippen molar-refractivity contribution in [2.24, 2.45) is 0 Å². The normalized spacial score (nSPS) is 9.91. The van der Waals surface area contributed by atoms with Crippen molar-refractivity contribution in [2.45, 2.75) is 13.3 Å². The zero-order valence-electron chi connectivity index (χ0n) is 12.6. The molecule has 0 aliphatic heterocycles. The molecule has 2 aromatic rings. The Balaban J connectivity index is 1.98. The molecule has 22 heavy (non-hydrogen) atoms. The molecule has 114 valence electrons. The number of benzene rings is 2. The van der Waals surface area contributed by atoms with E-state index in [0.29, 0.717) is 17.1 Å². The van der Waals surface area contributed by atoms with Crippen LogP contribution in [-0.4, -0.2) is 18.9 Å². The van der Waals surface area contributed by atoms with Crippen molar-refractivity contribution in [3.05, 3.63) is 54.1 Å². The van der Waals surface area contributed by atoms with Gasteiger partial charge in [-0.05, 0) is 29.8 Å². The van der Waals surface area contributed by atoms with E-state index in [4.69, 9.17) is 4.74 Å². The highest BCUT2D eigenvalue weighted by atomic mass is 16.5. The van der Waals surface area contributed by atoms with Crippen LogP contribution in [0, 0.1) is 0 Å². The largest absolute Gasteiger partial charge is 0.495 e. The van der Waals surface area contributed by atoms with Crippen LogP contribution in [0.15, 0.2) is 48.5 Å². The van der Waals surface area contributed by atoms with Gasteiger partial charge in [0.1, 0.15) is 5.75 Å². The van der Waals surface area contributed by atoms with E-state index < -0.39 is 0 Å². The lowest BCUT2D eigenvalue weighted by Gasteiger charge is -2.10. The molecule has 0 aliphatic carbocycles. The summed E-state index contributed by atoms with van der Waals surface area (Å²) in [4.78, 5) is 23.0. The fourth-order valence-corrected chi connectivity index (χ4v) is 2.04. The first-order chi connectivity index (χ1) is 10.6. The summed E-state index contributed by atoms with van der Waals surface area (Å²) in [6.07, 6.45) is 0.248. The molecule has 0 unspecified atom stereocenters. The van der Waals surface area contributed by atoms with Crippen LogP contribution < -0.4 is 15.4 Å². The second kappa shape index (κ2) is 7.26. The van der Waals surface area contributed by atoms with E-state index in [2.05, 4.69) is 10.6 Å². The van der Waals surface area contributed by atoms with Gasteiger partial charge in [0.05, 0.1) is 19.2 Å². The Morgan fingerprint density at radius 1 is 1.00 bits per heavy atom. The van der Waals surface area contributed by atoms with Gasteiger partial charge < -0.3 is 15.4 Å². The number of anilines is 2. The monoisotopic (exact) mass is 298 g/mol. The molecule has 0 aromatic heterocycles. The Morgan fingerprint density at radius 3 is 2.32 bits per heavy atom. The quantitative estimate of drug-likeness (QED) is 0.892. The molecule has 0 heterocycles. The van der Waals surface area contributed by atoms with E-state index in [0.717, 1.165) is 5.56 Å². The van der Waals surface area contributed by atoms with Gasteiger partial charge in [-0.15, -0.1) is 0 Å². The van der Waals surface area contributed by atoms with Crippen molar-refractivity contribution in [3.8, 4) is 5.75 Å². The van der Waals surface area contributed by atoms with E-state index in [1.54, 1.807) is 31.4 Å². The molecule has 0 saturated carbocycles. The second-order valence-corrected chi connectivity index (χ2v) is 4.80. The summed E-state index contributed by atoms with van der Waals surface area (Å²) >= 11 is 0. The van der Waals surface area contributed by atoms with Crippen LogP contribution >= 0.6 is 0 Å². The first-order valence-corrected chi connectivity index (χ1v) is 6.88. The van der Waals surface area contributed by atoms with E-state index in [-0.39, 0.29) is 18.2 Å². The molecule has 0 radical (unpaired) electrons. The van der Waals surface area contributed by atoms with Crippen molar-refractivity contribution < 1.29 is 14.3 Å². The van der Waals surface area contributed by atoms with Crippen molar-refractivity contribution in [1.82, 2.24) is 0 Å². The van der Waals surface area contributed by atoms with Crippen LogP contribution in [0.5, 0.6) is 5.75 Å². The Labute approximate surface area is 129 Å². The van der Waals surface area contributed by atoms with E-state index in [1.165, 1.54) is 6.92 Å². The van der Waals surface area contributed by atoms with Gasteiger partial charge in [0.25, 0.3) is 0 Å². The van der Waals surface area contributed by atoms with Gasteiger partial charge in [0, 0.05) is 12.6 Å². The summed E-state index contributed by atoms with van der Waals surface area (Å²) in [5.74, 6) is 0.371. The zero-order chi connectivity index (χ0) is 15.9. The number of methoxy groups -OCH3 is 1. The van der Waals surface area contributed by atoms with Crippen LogP contribution in [0.3, 0.4) is 0 Å². The number of carbonyl (C=O) groups excluding carboxylic acids is 2. The van der Waals surface area contributed by atoms with Crippen LogP contribution in [0.4, 0.5) is 11.4 Å². The molecule has 2 rings (SSSR count). The predicted octanol–water partition coefficient (Wildman–Crippen LogP) is 2.83. The summed E-state index contributed by atoms with van der Waals surface area (Å²) in [5.41, 5.74) is 2.22. The van der Waals surface area contributed by atoms with Crippen molar-refractivity contribution in [2.75, 3.05) is 17.7 Å². The second-order valence-electron chi connectivity index (χ2n) is 4.80. The fraction of sp³-hybridized carbons (Fsp3) is 0.176. The summed E-state index contributed by atoms with van der Waals surface area (Å²) in [7, 11) is 1.56. The molecule has 5 nitrogen and oxygen atoms in total. The topological polar surface area (TPSA) is 67.4 Å². The van der Waals surface area contributed by atoms with Gasteiger partial charge in [-0.1, -0.05) is 24.3 Å². The number of hydrogen-bond acceptors (Lipinski definition) is 3. The van der Waals surface area contributed by atoms with Gasteiger partial charge in [-0.2, -0.15) is 0 Å². The van der Waals surface area contributed by atoms with Gasteiger partial charge in [-0.3, -0.25) is 9.59 Å².